The number of rotatable bonds is 6. The lowest BCUT2D eigenvalue weighted by molar-refractivity contribution is -0.193. The predicted molar refractivity (Wildman–Crippen MR) is 118 cm³/mol. The normalized spacial score (nSPS) is 17.9. The van der Waals surface area contributed by atoms with Crippen LogP contribution >= 0.6 is 0 Å². The highest BCUT2D eigenvalue weighted by atomic mass is 16.7. The van der Waals surface area contributed by atoms with Crippen LogP contribution in [0.3, 0.4) is 0 Å². The van der Waals surface area contributed by atoms with Crippen molar-refractivity contribution in [3.8, 4) is 17.6 Å². The molecule has 0 aromatic heterocycles. The van der Waals surface area contributed by atoms with Gasteiger partial charge in [0, 0.05) is 24.7 Å². The first-order chi connectivity index (χ1) is 16.7. The van der Waals surface area contributed by atoms with E-state index in [1.807, 2.05) is 19.9 Å². The SMILES string of the molecule is CCC[C@H]1CN(C(=O)OC(C)C)N(C(C)C)[C@@H]1Cc1cc2c(cc1C#N)OCO2.O=C=O.O=C=O. The van der Waals surface area contributed by atoms with Crippen LogP contribution in [-0.2, 0) is 30.3 Å². The number of nitriles is 1. The quantitative estimate of drug-likeness (QED) is 0.585. The van der Waals surface area contributed by atoms with Crippen molar-refractivity contribution in [3.63, 3.8) is 0 Å². The third kappa shape index (κ3) is 7.94. The van der Waals surface area contributed by atoms with Crippen molar-refractivity contribution < 1.29 is 38.2 Å². The van der Waals surface area contributed by atoms with E-state index in [0.717, 1.165) is 18.4 Å². The zero-order valence-corrected chi connectivity index (χ0v) is 20.6. The molecule has 0 saturated carbocycles. The van der Waals surface area contributed by atoms with E-state index < -0.39 is 0 Å². The van der Waals surface area contributed by atoms with Gasteiger partial charge in [0.25, 0.3) is 0 Å². The Bertz CT molecular complexity index is 948. The maximum Gasteiger partial charge on any atom is 0.424 e. The fourth-order valence-electron chi connectivity index (χ4n) is 4.32. The molecule has 0 bridgehead atoms. The molecule has 1 aromatic rings. The summed E-state index contributed by atoms with van der Waals surface area (Å²) in [6, 6.07) is 6.19. The lowest BCUT2D eigenvalue weighted by Gasteiger charge is -2.36. The van der Waals surface area contributed by atoms with Gasteiger partial charge in [-0.1, -0.05) is 13.3 Å². The van der Waals surface area contributed by atoms with E-state index in [4.69, 9.17) is 33.4 Å². The van der Waals surface area contributed by atoms with E-state index in [-0.39, 0.29) is 43.4 Å². The molecule has 11 heteroatoms. The third-order valence-corrected chi connectivity index (χ3v) is 5.45. The van der Waals surface area contributed by atoms with Gasteiger partial charge in [0.05, 0.1) is 17.7 Å². The van der Waals surface area contributed by atoms with Crippen LogP contribution in [0.2, 0.25) is 0 Å². The molecule has 0 spiro atoms. The monoisotopic (exact) mass is 489 g/mol. The van der Waals surface area contributed by atoms with Gasteiger partial charge in [-0.05, 0) is 58.1 Å². The zero-order chi connectivity index (χ0) is 26.5. The lowest BCUT2D eigenvalue weighted by atomic mass is 9.89. The molecule has 1 fully saturated rings. The highest BCUT2D eigenvalue weighted by Crippen LogP contribution is 2.38. The van der Waals surface area contributed by atoms with Crippen molar-refractivity contribution in [3.05, 3.63) is 23.3 Å². The van der Waals surface area contributed by atoms with E-state index in [1.54, 1.807) is 11.1 Å². The Balaban J connectivity index is 0.000000926. The molecule has 2 aliphatic rings. The number of nitrogens with zero attached hydrogens (tertiary/aromatic N) is 3. The third-order valence-electron chi connectivity index (χ3n) is 5.45. The number of benzene rings is 1. The summed E-state index contributed by atoms with van der Waals surface area (Å²) in [7, 11) is 0. The molecule has 11 nitrogen and oxygen atoms in total. The Morgan fingerprint density at radius 1 is 1.11 bits per heavy atom. The number of ether oxygens (including phenoxy) is 3. The minimum atomic E-state index is -0.302. The molecule has 0 aliphatic carbocycles. The summed E-state index contributed by atoms with van der Waals surface area (Å²) >= 11 is 0. The average molecular weight is 490 g/mol. The molecular formula is C24H31N3O8. The van der Waals surface area contributed by atoms with Crippen LogP contribution in [-0.4, -0.2) is 59.9 Å². The smallest absolute Gasteiger partial charge is 0.424 e. The number of hydrogen-bond acceptors (Lipinski definition) is 10. The molecule has 0 N–H and O–H groups in total. The summed E-state index contributed by atoms with van der Waals surface area (Å²) in [6.07, 6.45) is 2.73. The molecule has 3 rings (SSSR count). The number of hydrogen-bond donors (Lipinski definition) is 0. The van der Waals surface area contributed by atoms with E-state index >= 15 is 0 Å². The number of fused-ring (bicyclic) bond motifs is 1. The van der Waals surface area contributed by atoms with Crippen molar-refractivity contribution in [1.82, 2.24) is 10.0 Å². The first kappa shape index (κ1) is 29.3. The van der Waals surface area contributed by atoms with Gasteiger partial charge < -0.3 is 14.2 Å². The number of amides is 1. The average Bonchev–Trinajstić information content (AvgIpc) is 3.38. The van der Waals surface area contributed by atoms with Crippen LogP contribution in [0.5, 0.6) is 11.5 Å². The van der Waals surface area contributed by atoms with Crippen molar-refractivity contribution in [2.24, 2.45) is 5.92 Å². The first-order valence-corrected chi connectivity index (χ1v) is 11.3. The van der Waals surface area contributed by atoms with Gasteiger partial charge in [-0.15, -0.1) is 0 Å². The minimum absolute atomic E-state index is 0.0992. The molecule has 1 aromatic carbocycles. The molecular weight excluding hydrogens is 458 g/mol. The Kier molecular flexibility index (Phi) is 12.2. The summed E-state index contributed by atoms with van der Waals surface area (Å²) in [6.45, 7) is 10.9. The summed E-state index contributed by atoms with van der Waals surface area (Å²) in [5.74, 6) is 1.60. The van der Waals surface area contributed by atoms with E-state index in [0.29, 0.717) is 35.9 Å². The van der Waals surface area contributed by atoms with Crippen LogP contribution in [0.4, 0.5) is 4.79 Å². The van der Waals surface area contributed by atoms with E-state index in [9.17, 15) is 10.1 Å². The van der Waals surface area contributed by atoms with Gasteiger partial charge in [-0.2, -0.15) is 24.4 Å². The molecule has 1 amide bonds. The Hall–Kier alpha value is -3.70. The minimum Gasteiger partial charge on any atom is -0.454 e. The van der Waals surface area contributed by atoms with Crippen LogP contribution in [0.25, 0.3) is 0 Å². The van der Waals surface area contributed by atoms with E-state index in [1.165, 1.54) is 0 Å². The van der Waals surface area contributed by atoms with Crippen LogP contribution in [0, 0.1) is 17.2 Å². The molecule has 1 saturated heterocycles. The van der Waals surface area contributed by atoms with Crippen LogP contribution in [0.1, 0.15) is 58.6 Å². The van der Waals surface area contributed by atoms with Gasteiger partial charge in [0.1, 0.15) is 0 Å². The largest absolute Gasteiger partial charge is 0.454 e. The Morgan fingerprint density at radius 3 is 2.17 bits per heavy atom. The highest BCUT2D eigenvalue weighted by Gasteiger charge is 2.44. The van der Waals surface area contributed by atoms with E-state index in [2.05, 4.69) is 31.8 Å². The van der Waals surface area contributed by atoms with Gasteiger partial charge in [-0.3, -0.25) is 0 Å². The fraction of sp³-hybridized carbons (Fsp3) is 0.583. The summed E-state index contributed by atoms with van der Waals surface area (Å²) in [4.78, 5) is 45.3. The summed E-state index contributed by atoms with van der Waals surface area (Å²) < 4.78 is 16.4. The second-order valence-electron chi connectivity index (χ2n) is 8.45. The van der Waals surface area contributed by atoms with Crippen molar-refractivity contribution in [2.75, 3.05) is 13.3 Å². The highest BCUT2D eigenvalue weighted by molar-refractivity contribution is 5.67. The van der Waals surface area contributed by atoms with Crippen molar-refractivity contribution >= 4 is 18.4 Å². The Labute approximate surface area is 204 Å². The lowest BCUT2D eigenvalue weighted by Crippen LogP contribution is -2.50. The molecule has 2 atom stereocenters. The number of hydrazine groups is 1. The molecule has 0 unspecified atom stereocenters. The molecule has 2 heterocycles. The van der Waals surface area contributed by atoms with Gasteiger partial charge in [0.15, 0.2) is 11.5 Å². The van der Waals surface area contributed by atoms with Gasteiger partial charge in [0.2, 0.25) is 6.79 Å². The molecule has 2 aliphatic heterocycles. The Morgan fingerprint density at radius 2 is 1.69 bits per heavy atom. The number of carbonyl (C=O) groups excluding carboxylic acids is 5. The standard InChI is InChI=1S/C22H31N3O4.2CO2/c1-6-7-16-12-24(22(26)29-15(4)5)25(14(2)3)19(16)8-17-9-20-21(28-13-27-20)10-18(17)11-23;2*2-1-3/h9-10,14-16,19H,6-8,12-13H2,1-5H3;;/t16-,19+;;/m0../s1. The maximum atomic E-state index is 12.8. The second kappa shape index (κ2) is 14.5. The van der Waals surface area contributed by atoms with Crippen LogP contribution in [0.15, 0.2) is 12.1 Å². The van der Waals surface area contributed by atoms with Crippen molar-refractivity contribution in [2.45, 2.75) is 72.1 Å². The van der Waals surface area contributed by atoms with Gasteiger partial charge in [-0.25, -0.2) is 14.8 Å². The van der Waals surface area contributed by atoms with Gasteiger partial charge >= 0.3 is 18.4 Å². The van der Waals surface area contributed by atoms with Crippen LogP contribution < -0.4 is 9.47 Å². The predicted octanol–water partition coefficient (Wildman–Crippen LogP) is 2.93. The summed E-state index contributed by atoms with van der Waals surface area (Å²) in [5, 5.41) is 13.6. The number of carbonyl (C=O) groups is 1. The maximum absolute atomic E-state index is 12.8. The zero-order valence-electron chi connectivity index (χ0n) is 20.6. The molecule has 190 valence electrons. The molecule has 0 radical (unpaired) electrons. The fourth-order valence-corrected chi connectivity index (χ4v) is 4.32. The second-order valence-corrected chi connectivity index (χ2v) is 8.45. The molecule has 35 heavy (non-hydrogen) atoms. The summed E-state index contributed by atoms with van der Waals surface area (Å²) in [5.41, 5.74) is 1.52. The van der Waals surface area contributed by atoms with Crippen molar-refractivity contribution in [1.29, 1.82) is 5.26 Å². The first-order valence-electron chi connectivity index (χ1n) is 11.3. The topological polar surface area (TPSA) is 143 Å².